The molecule has 0 fully saturated rings. The summed E-state index contributed by atoms with van der Waals surface area (Å²) < 4.78 is 12.6. The van der Waals surface area contributed by atoms with Gasteiger partial charge in [0.1, 0.15) is 5.15 Å². The Labute approximate surface area is 173 Å². The highest BCUT2D eigenvalue weighted by atomic mass is 35.5. The minimum Gasteiger partial charge on any atom is -0.490 e. The van der Waals surface area contributed by atoms with Gasteiger partial charge in [-0.1, -0.05) is 41.9 Å². The van der Waals surface area contributed by atoms with E-state index in [1.54, 1.807) is 16.8 Å². The highest BCUT2D eigenvalue weighted by Crippen LogP contribution is 2.26. The predicted octanol–water partition coefficient (Wildman–Crippen LogP) is 3.76. The fourth-order valence-corrected chi connectivity index (χ4v) is 2.91. The van der Waals surface area contributed by atoms with Crippen LogP contribution in [0.5, 0.6) is 11.5 Å². The lowest BCUT2D eigenvalue weighted by Crippen LogP contribution is -2.24. The molecule has 150 valence electrons. The van der Waals surface area contributed by atoms with Gasteiger partial charge in [0.25, 0.3) is 5.91 Å². The normalized spacial score (nSPS) is 10.9. The Kier molecular flexibility index (Phi) is 6.86. The van der Waals surface area contributed by atoms with Gasteiger partial charge < -0.3 is 9.47 Å². The van der Waals surface area contributed by atoms with Crippen LogP contribution in [0.3, 0.4) is 0 Å². The van der Waals surface area contributed by atoms with Gasteiger partial charge in [-0.2, -0.15) is 10.2 Å². The second-order valence-corrected chi connectivity index (χ2v) is 6.36. The fraction of sp³-hybridized carbons (Fsp3) is 0.190. The number of nitrogens with zero attached hydrogens (tertiary/aromatic N) is 3. The third kappa shape index (κ3) is 5.14. The van der Waals surface area contributed by atoms with Gasteiger partial charge in [-0.25, -0.2) is 10.1 Å². The monoisotopic (exact) mass is 412 g/mol. The number of hydrogen-bond acceptors (Lipinski definition) is 5. The lowest BCUT2D eigenvalue weighted by Gasteiger charge is -2.10. The number of halogens is 1. The van der Waals surface area contributed by atoms with Crippen LogP contribution < -0.4 is 14.9 Å². The molecule has 0 spiro atoms. The van der Waals surface area contributed by atoms with Crippen molar-refractivity contribution in [3.8, 4) is 17.2 Å². The summed E-state index contributed by atoms with van der Waals surface area (Å²) in [5, 5.41) is 8.80. The minimum atomic E-state index is -0.406. The first kappa shape index (κ1) is 20.4. The van der Waals surface area contributed by atoms with Crippen LogP contribution >= 0.6 is 11.6 Å². The van der Waals surface area contributed by atoms with Crippen LogP contribution in [0.2, 0.25) is 5.15 Å². The number of benzene rings is 2. The first-order valence-corrected chi connectivity index (χ1v) is 9.45. The Morgan fingerprint density at radius 3 is 2.48 bits per heavy atom. The van der Waals surface area contributed by atoms with Crippen molar-refractivity contribution in [1.82, 2.24) is 15.2 Å². The first-order valence-electron chi connectivity index (χ1n) is 9.07. The lowest BCUT2D eigenvalue weighted by atomic mass is 10.3. The average molecular weight is 413 g/mol. The summed E-state index contributed by atoms with van der Waals surface area (Å²) in [6.45, 7) is 4.01. The quantitative estimate of drug-likeness (QED) is 0.451. The molecule has 29 heavy (non-hydrogen) atoms. The summed E-state index contributed by atoms with van der Waals surface area (Å²) in [6, 6.07) is 16.7. The van der Waals surface area contributed by atoms with Crippen molar-refractivity contribution in [3.63, 3.8) is 0 Å². The topological polar surface area (TPSA) is 77.7 Å². The van der Waals surface area contributed by atoms with Gasteiger partial charge >= 0.3 is 0 Å². The molecule has 0 aliphatic rings. The van der Waals surface area contributed by atoms with Gasteiger partial charge in [0.15, 0.2) is 18.1 Å². The van der Waals surface area contributed by atoms with Crippen LogP contribution in [0.15, 0.2) is 59.7 Å². The summed E-state index contributed by atoms with van der Waals surface area (Å²) in [5.74, 6) is 0.676. The third-order valence-electron chi connectivity index (χ3n) is 3.94. The maximum atomic E-state index is 12.0. The highest BCUT2D eigenvalue weighted by molar-refractivity contribution is 6.32. The maximum absolute atomic E-state index is 12.0. The number of para-hydroxylation sites is 3. The van der Waals surface area contributed by atoms with E-state index in [0.29, 0.717) is 34.5 Å². The number of nitrogens with one attached hydrogen (secondary N) is 1. The SMILES string of the molecule is CCOc1ccccc1OCC(=O)NN=Cc1c(C)nn(-c2ccccc2)c1Cl. The summed E-state index contributed by atoms with van der Waals surface area (Å²) in [4.78, 5) is 12.0. The van der Waals surface area contributed by atoms with Gasteiger partial charge in [-0.05, 0) is 38.1 Å². The second-order valence-electron chi connectivity index (χ2n) is 6.00. The molecule has 0 atom stereocenters. The van der Waals surface area contributed by atoms with Crippen molar-refractivity contribution in [3.05, 3.63) is 71.0 Å². The zero-order chi connectivity index (χ0) is 20.6. The van der Waals surface area contributed by atoms with Crippen LogP contribution in [-0.4, -0.2) is 35.1 Å². The maximum Gasteiger partial charge on any atom is 0.277 e. The minimum absolute atomic E-state index is 0.197. The second kappa shape index (κ2) is 9.75. The van der Waals surface area contributed by atoms with Gasteiger partial charge in [-0.3, -0.25) is 4.79 Å². The Hall–Kier alpha value is -3.32. The van der Waals surface area contributed by atoms with Gasteiger partial charge in [0, 0.05) is 0 Å². The number of aromatic nitrogens is 2. The molecular formula is C21H21ClN4O3. The molecule has 1 heterocycles. The number of hydrazone groups is 1. The lowest BCUT2D eigenvalue weighted by molar-refractivity contribution is -0.123. The molecule has 0 saturated carbocycles. The summed E-state index contributed by atoms with van der Waals surface area (Å²) in [5.41, 5.74) is 4.58. The Morgan fingerprint density at radius 2 is 1.79 bits per heavy atom. The number of carbonyl (C=O) groups excluding carboxylic acids is 1. The van der Waals surface area contributed by atoms with E-state index >= 15 is 0 Å². The number of amides is 1. The Morgan fingerprint density at radius 1 is 1.14 bits per heavy atom. The molecule has 0 unspecified atom stereocenters. The molecule has 3 rings (SSSR count). The van der Waals surface area contributed by atoms with E-state index in [1.807, 2.05) is 56.3 Å². The zero-order valence-electron chi connectivity index (χ0n) is 16.1. The van der Waals surface area contributed by atoms with Crippen molar-refractivity contribution < 1.29 is 14.3 Å². The smallest absolute Gasteiger partial charge is 0.277 e. The number of ether oxygens (including phenoxy) is 2. The van der Waals surface area contributed by atoms with Crippen LogP contribution in [0.1, 0.15) is 18.2 Å². The fourth-order valence-electron chi connectivity index (χ4n) is 2.59. The van der Waals surface area contributed by atoms with Crippen molar-refractivity contribution in [2.75, 3.05) is 13.2 Å². The highest BCUT2D eigenvalue weighted by Gasteiger charge is 2.13. The molecule has 0 saturated heterocycles. The molecule has 2 aromatic carbocycles. The van der Waals surface area contributed by atoms with E-state index in [-0.39, 0.29) is 6.61 Å². The van der Waals surface area contributed by atoms with Gasteiger partial charge in [0.2, 0.25) is 0 Å². The number of rotatable bonds is 8. The van der Waals surface area contributed by atoms with Crippen molar-refractivity contribution in [2.24, 2.45) is 5.10 Å². The predicted molar refractivity (Wildman–Crippen MR) is 112 cm³/mol. The molecule has 0 aliphatic carbocycles. The van der Waals surface area contributed by atoms with Crippen molar-refractivity contribution >= 4 is 23.7 Å². The molecule has 1 aromatic heterocycles. The van der Waals surface area contributed by atoms with E-state index in [4.69, 9.17) is 21.1 Å². The first-order chi connectivity index (χ1) is 14.1. The molecule has 1 amide bonds. The standard InChI is InChI=1S/C21H21ClN4O3/c1-3-28-18-11-7-8-12-19(18)29-14-20(27)24-23-13-17-15(2)25-26(21(17)22)16-9-5-4-6-10-16/h4-13H,3,14H2,1-2H3,(H,24,27). The van der Waals surface area contributed by atoms with E-state index in [9.17, 15) is 4.79 Å². The van der Waals surface area contributed by atoms with E-state index < -0.39 is 5.91 Å². The molecule has 8 heteroatoms. The zero-order valence-corrected chi connectivity index (χ0v) is 16.9. The van der Waals surface area contributed by atoms with Crippen molar-refractivity contribution in [2.45, 2.75) is 13.8 Å². The number of carbonyl (C=O) groups is 1. The van der Waals surface area contributed by atoms with E-state index in [0.717, 1.165) is 5.69 Å². The average Bonchev–Trinajstić information content (AvgIpc) is 3.02. The third-order valence-corrected chi connectivity index (χ3v) is 4.30. The number of aryl methyl sites for hydroxylation is 1. The molecule has 0 aliphatic heterocycles. The van der Waals surface area contributed by atoms with Gasteiger partial charge in [0.05, 0.1) is 29.8 Å². The summed E-state index contributed by atoms with van der Waals surface area (Å²) in [6.07, 6.45) is 1.47. The van der Waals surface area contributed by atoms with Gasteiger partial charge in [-0.15, -0.1) is 0 Å². The van der Waals surface area contributed by atoms with Crippen LogP contribution in [0, 0.1) is 6.92 Å². The molecular weight excluding hydrogens is 392 g/mol. The molecule has 3 aromatic rings. The Balaban J connectivity index is 1.60. The Bertz CT molecular complexity index is 1000. The number of hydrogen-bond donors (Lipinski definition) is 1. The molecule has 0 bridgehead atoms. The summed E-state index contributed by atoms with van der Waals surface area (Å²) in [7, 11) is 0. The van der Waals surface area contributed by atoms with E-state index in [2.05, 4.69) is 15.6 Å². The molecule has 0 radical (unpaired) electrons. The summed E-state index contributed by atoms with van der Waals surface area (Å²) >= 11 is 6.43. The van der Waals surface area contributed by atoms with Crippen LogP contribution in [0.4, 0.5) is 0 Å². The van der Waals surface area contributed by atoms with E-state index in [1.165, 1.54) is 6.21 Å². The molecule has 1 N–H and O–H groups in total. The van der Waals surface area contributed by atoms with Crippen LogP contribution in [-0.2, 0) is 4.79 Å². The largest absolute Gasteiger partial charge is 0.490 e. The van der Waals surface area contributed by atoms with Crippen molar-refractivity contribution in [1.29, 1.82) is 0 Å². The van der Waals surface area contributed by atoms with Crippen LogP contribution in [0.25, 0.3) is 5.69 Å². The molecule has 7 nitrogen and oxygen atoms in total.